The van der Waals surface area contributed by atoms with Gasteiger partial charge in [-0.25, -0.2) is 4.39 Å². The van der Waals surface area contributed by atoms with Crippen LogP contribution in [0, 0.1) is 12.7 Å². The number of pyridine rings is 1. The Morgan fingerprint density at radius 3 is 2.85 bits per heavy atom. The summed E-state index contributed by atoms with van der Waals surface area (Å²) < 4.78 is 13.2. The van der Waals surface area contributed by atoms with Gasteiger partial charge in [0, 0.05) is 24.6 Å². The molecule has 5 heteroatoms. The van der Waals surface area contributed by atoms with Crippen LogP contribution in [-0.4, -0.2) is 17.4 Å². The first-order chi connectivity index (χ1) is 9.61. The van der Waals surface area contributed by atoms with Gasteiger partial charge >= 0.3 is 0 Å². The number of aromatic nitrogens is 1. The molecule has 4 nitrogen and oxygen atoms in total. The molecule has 2 N–H and O–H groups in total. The number of carbonyl (C=O) groups excluding carboxylic acids is 1. The molecule has 1 aromatic heterocycles. The Bertz CT molecular complexity index is 628. The number of benzene rings is 1. The maximum atomic E-state index is 13.2. The van der Waals surface area contributed by atoms with Gasteiger partial charge in [0.15, 0.2) is 0 Å². The van der Waals surface area contributed by atoms with Crippen LogP contribution in [0.2, 0.25) is 0 Å². The van der Waals surface area contributed by atoms with Crippen molar-refractivity contribution < 1.29 is 9.18 Å². The topological polar surface area (TPSA) is 54.0 Å². The van der Waals surface area contributed by atoms with Crippen LogP contribution >= 0.6 is 0 Å². The molecule has 2 rings (SSSR count). The minimum absolute atomic E-state index is 0.317. The van der Waals surface area contributed by atoms with Crippen LogP contribution in [0.5, 0.6) is 0 Å². The molecule has 0 spiro atoms. The lowest BCUT2D eigenvalue weighted by molar-refractivity contribution is 0.102. The van der Waals surface area contributed by atoms with Crippen LogP contribution in [0.1, 0.15) is 22.8 Å². The van der Waals surface area contributed by atoms with Crippen molar-refractivity contribution in [3.63, 3.8) is 0 Å². The number of halogens is 1. The highest BCUT2D eigenvalue weighted by Gasteiger charge is 2.12. The number of hydrogen-bond donors (Lipinski definition) is 2. The summed E-state index contributed by atoms with van der Waals surface area (Å²) in [4.78, 5) is 16.2. The molecule has 0 fully saturated rings. The van der Waals surface area contributed by atoms with Gasteiger partial charge in [0.2, 0.25) is 0 Å². The fourth-order valence-electron chi connectivity index (χ4n) is 1.84. The van der Waals surface area contributed by atoms with Crippen molar-refractivity contribution in [2.45, 2.75) is 13.8 Å². The Morgan fingerprint density at radius 2 is 2.10 bits per heavy atom. The molecule has 0 saturated heterocycles. The van der Waals surface area contributed by atoms with E-state index in [2.05, 4.69) is 15.6 Å². The molecule has 0 aliphatic carbocycles. The van der Waals surface area contributed by atoms with E-state index in [1.54, 1.807) is 18.3 Å². The highest BCUT2D eigenvalue weighted by molar-refractivity contribution is 6.08. The molecule has 2 aromatic rings. The molecule has 20 heavy (non-hydrogen) atoms. The predicted octanol–water partition coefficient (Wildman–Crippen LogP) is 3.21. The van der Waals surface area contributed by atoms with Gasteiger partial charge in [0.05, 0.1) is 11.3 Å². The van der Waals surface area contributed by atoms with Gasteiger partial charge in [-0.2, -0.15) is 0 Å². The number of amides is 1. The van der Waals surface area contributed by atoms with E-state index in [0.29, 0.717) is 23.5 Å². The number of nitrogens with one attached hydrogen (secondary N) is 2. The number of rotatable bonds is 4. The summed E-state index contributed by atoms with van der Waals surface area (Å²) in [5, 5.41) is 5.80. The second-order valence-electron chi connectivity index (χ2n) is 4.36. The average Bonchev–Trinajstić information content (AvgIpc) is 2.44. The maximum Gasteiger partial charge on any atom is 0.259 e. The van der Waals surface area contributed by atoms with E-state index in [0.717, 1.165) is 5.56 Å². The molecule has 0 radical (unpaired) electrons. The Balaban J connectivity index is 2.26. The summed E-state index contributed by atoms with van der Waals surface area (Å²) in [5.74, 6) is -0.702. The minimum atomic E-state index is -0.385. The fraction of sp³-hybridized carbons (Fsp3) is 0.200. The fourth-order valence-corrected chi connectivity index (χ4v) is 1.84. The van der Waals surface area contributed by atoms with Gasteiger partial charge in [0.25, 0.3) is 5.91 Å². The van der Waals surface area contributed by atoms with E-state index >= 15 is 0 Å². The standard InChI is InChI=1S/C15H16FN3O/c1-3-18-13-6-7-17-9-12(13)15(20)19-14-8-11(16)5-4-10(14)2/h4-9H,3H2,1-2H3,(H,17,18)(H,19,20). The van der Waals surface area contributed by atoms with E-state index in [-0.39, 0.29) is 11.7 Å². The third-order valence-electron chi connectivity index (χ3n) is 2.88. The Kier molecular flexibility index (Phi) is 4.30. The molecule has 0 bridgehead atoms. The summed E-state index contributed by atoms with van der Waals surface area (Å²) in [5.41, 5.74) is 2.39. The van der Waals surface area contributed by atoms with Crippen molar-refractivity contribution in [2.75, 3.05) is 17.2 Å². The minimum Gasteiger partial charge on any atom is -0.385 e. The molecule has 0 aliphatic heterocycles. The largest absolute Gasteiger partial charge is 0.385 e. The lowest BCUT2D eigenvalue weighted by atomic mass is 10.1. The number of nitrogens with zero attached hydrogens (tertiary/aromatic N) is 1. The molecular formula is C15H16FN3O. The SMILES string of the molecule is CCNc1ccncc1C(=O)Nc1cc(F)ccc1C. The number of hydrogen-bond acceptors (Lipinski definition) is 3. The summed E-state index contributed by atoms with van der Waals surface area (Å²) in [6.07, 6.45) is 3.10. The lowest BCUT2D eigenvalue weighted by Crippen LogP contribution is -2.16. The zero-order chi connectivity index (χ0) is 14.5. The summed E-state index contributed by atoms with van der Waals surface area (Å²) in [6, 6.07) is 6.02. The average molecular weight is 273 g/mol. The van der Waals surface area contributed by atoms with Crippen molar-refractivity contribution >= 4 is 17.3 Å². The quantitative estimate of drug-likeness (QED) is 0.899. The first kappa shape index (κ1) is 14.0. The normalized spacial score (nSPS) is 10.2. The van der Waals surface area contributed by atoms with Crippen LogP contribution in [-0.2, 0) is 0 Å². The Morgan fingerprint density at radius 1 is 1.30 bits per heavy atom. The molecule has 0 unspecified atom stereocenters. The third kappa shape index (κ3) is 3.12. The highest BCUT2D eigenvalue weighted by Crippen LogP contribution is 2.19. The molecule has 1 amide bonds. The van der Waals surface area contributed by atoms with Crippen molar-refractivity contribution in [3.8, 4) is 0 Å². The third-order valence-corrected chi connectivity index (χ3v) is 2.88. The van der Waals surface area contributed by atoms with Crippen LogP contribution in [0.25, 0.3) is 0 Å². The smallest absolute Gasteiger partial charge is 0.259 e. The molecule has 1 heterocycles. The molecule has 104 valence electrons. The van der Waals surface area contributed by atoms with Gasteiger partial charge in [0.1, 0.15) is 5.82 Å². The first-order valence-electron chi connectivity index (χ1n) is 6.37. The number of aryl methyl sites for hydroxylation is 1. The van der Waals surface area contributed by atoms with Crippen molar-refractivity contribution in [2.24, 2.45) is 0 Å². The van der Waals surface area contributed by atoms with E-state index in [4.69, 9.17) is 0 Å². The van der Waals surface area contributed by atoms with E-state index < -0.39 is 0 Å². The summed E-state index contributed by atoms with van der Waals surface area (Å²) >= 11 is 0. The van der Waals surface area contributed by atoms with Crippen molar-refractivity contribution in [1.82, 2.24) is 4.98 Å². The van der Waals surface area contributed by atoms with Crippen LogP contribution < -0.4 is 10.6 Å². The molecular weight excluding hydrogens is 257 g/mol. The van der Waals surface area contributed by atoms with Gasteiger partial charge < -0.3 is 10.6 Å². The second kappa shape index (κ2) is 6.14. The molecule has 0 atom stereocenters. The number of anilines is 2. The maximum absolute atomic E-state index is 13.2. The monoisotopic (exact) mass is 273 g/mol. The number of carbonyl (C=O) groups is 1. The second-order valence-corrected chi connectivity index (χ2v) is 4.36. The van der Waals surface area contributed by atoms with Crippen LogP contribution in [0.15, 0.2) is 36.7 Å². The Labute approximate surface area is 117 Å². The zero-order valence-corrected chi connectivity index (χ0v) is 11.4. The molecule has 1 aromatic carbocycles. The van der Waals surface area contributed by atoms with Gasteiger partial charge in [-0.15, -0.1) is 0 Å². The molecule has 0 saturated carbocycles. The molecule has 0 aliphatic rings. The van der Waals surface area contributed by atoms with E-state index in [9.17, 15) is 9.18 Å². The Hall–Kier alpha value is -2.43. The predicted molar refractivity (Wildman–Crippen MR) is 77.5 cm³/mol. The van der Waals surface area contributed by atoms with Crippen LogP contribution in [0.4, 0.5) is 15.8 Å². The van der Waals surface area contributed by atoms with Crippen molar-refractivity contribution in [1.29, 1.82) is 0 Å². The van der Waals surface area contributed by atoms with Gasteiger partial charge in [-0.3, -0.25) is 9.78 Å². The van der Waals surface area contributed by atoms with Gasteiger partial charge in [-0.1, -0.05) is 6.07 Å². The van der Waals surface area contributed by atoms with Gasteiger partial charge in [-0.05, 0) is 37.6 Å². The first-order valence-corrected chi connectivity index (χ1v) is 6.37. The zero-order valence-electron chi connectivity index (χ0n) is 11.4. The summed E-state index contributed by atoms with van der Waals surface area (Å²) in [6.45, 7) is 4.45. The van der Waals surface area contributed by atoms with E-state index in [1.165, 1.54) is 18.3 Å². The highest BCUT2D eigenvalue weighted by atomic mass is 19.1. The van der Waals surface area contributed by atoms with E-state index in [1.807, 2.05) is 13.8 Å². The van der Waals surface area contributed by atoms with Crippen molar-refractivity contribution in [3.05, 3.63) is 53.6 Å². The summed E-state index contributed by atoms with van der Waals surface area (Å²) in [7, 11) is 0. The lowest BCUT2D eigenvalue weighted by Gasteiger charge is -2.12. The van der Waals surface area contributed by atoms with Crippen LogP contribution in [0.3, 0.4) is 0 Å².